The van der Waals surface area contributed by atoms with Crippen LogP contribution in [0.3, 0.4) is 0 Å². The number of hydrogen-bond acceptors (Lipinski definition) is 6. The summed E-state index contributed by atoms with van der Waals surface area (Å²) in [7, 11) is 0. The first-order chi connectivity index (χ1) is 13.5. The Labute approximate surface area is 164 Å². The number of esters is 1. The summed E-state index contributed by atoms with van der Waals surface area (Å²) in [5.74, 6) is -1.01. The maximum absolute atomic E-state index is 12.8. The van der Waals surface area contributed by atoms with Crippen LogP contribution in [0, 0.1) is 5.82 Å². The van der Waals surface area contributed by atoms with Gasteiger partial charge in [-0.05, 0) is 48.5 Å². The zero-order valence-electron chi connectivity index (χ0n) is 14.4. The summed E-state index contributed by atoms with van der Waals surface area (Å²) in [6.45, 7) is -0.481. The predicted octanol–water partition coefficient (Wildman–Crippen LogP) is 3.84. The van der Waals surface area contributed by atoms with Crippen LogP contribution >= 0.6 is 11.6 Å². The van der Waals surface area contributed by atoms with Crippen LogP contribution in [0.5, 0.6) is 5.75 Å². The Bertz CT molecular complexity index is 974. The molecule has 144 valence electrons. The van der Waals surface area contributed by atoms with E-state index in [1.54, 1.807) is 12.1 Å². The summed E-state index contributed by atoms with van der Waals surface area (Å²) in [6.07, 6.45) is 1.48. The number of hydrogen-bond donors (Lipinski definition) is 1. The Hall–Kier alpha value is -3.39. The number of benzene rings is 1. The molecule has 2 aromatic heterocycles. The number of halogens is 2. The third-order valence-electron chi connectivity index (χ3n) is 3.43. The van der Waals surface area contributed by atoms with E-state index >= 15 is 0 Å². The third kappa shape index (κ3) is 5.31. The number of anilines is 1. The SMILES string of the molecule is O=C(COC(=O)c1ccc(COc2ccc(F)cc2)o1)Nc1cccnc1Cl. The molecule has 0 atom stereocenters. The molecular weight excluding hydrogens is 391 g/mol. The lowest BCUT2D eigenvalue weighted by molar-refractivity contribution is -0.119. The van der Waals surface area contributed by atoms with Crippen molar-refractivity contribution in [2.45, 2.75) is 6.61 Å². The van der Waals surface area contributed by atoms with Gasteiger partial charge < -0.3 is 19.2 Å². The highest BCUT2D eigenvalue weighted by Gasteiger charge is 2.15. The molecule has 2 heterocycles. The maximum atomic E-state index is 12.8. The van der Waals surface area contributed by atoms with E-state index in [0.717, 1.165) is 0 Å². The van der Waals surface area contributed by atoms with Crippen LogP contribution in [0.4, 0.5) is 10.1 Å². The van der Waals surface area contributed by atoms with Crippen LogP contribution in [0.1, 0.15) is 16.3 Å². The van der Waals surface area contributed by atoms with Gasteiger partial charge in [0, 0.05) is 6.20 Å². The zero-order valence-corrected chi connectivity index (χ0v) is 15.1. The molecule has 0 bridgehead atoms. The van der Waals surface area contributed by atoms with Crippen molar-refractivity contribution < 1.29 is 27.9 Å². The van der Waals surface area contributed by atoms with Gasteiger partial charge in [-0.25, -0.2) is 14.2 Å². The number of pyridine rings is 1. The molecule has 0 spiro atoms. The van der Waals surface area contributed by atoms with Crippen LogP contribution in [-0.2, 0) is 16.1 Å². The van der Waals surface area contributed by atoms with E-state index in [1.165, 1.54) is 42.6 Å². The highest BCUT2D eigenvalue weighted by Crippen LogP contribution is 2.18. The van der Waals surface area contributed by atoms with E-state index in [4.69, 9.17) is 25.5 Å². The van der Waals surface area contributed by atoms with E-state index in [-0.39, 0.29) is 23.3 Å². The predicted molar refractivity (Wildman–Crippen MR) is 97.6 cm³/mol. The minimum Gasteiger partial charge on any atom is -0.486 e. The summed E-state index contributed by atoms with van der Waals surface area (Å²) >= 11 is 5.83. The molecular formula is C19H14ClFN2O5. The van der Waals surface area contributed by atoms with Gasteiger partial charge in [0.25, 0.3) is 5.91 Å². The van der Waals surface area contributed by atoms with Crippen LogP contribution in [-0.4, -0.2) is 23.5 Å². The highest BCUT2D eigenvalue weighted by molar-refractivity contribution is 6.32. The molecule has 1 amide bonds. The van der Waals surface area contributed by atoms with Gasteiger partial charge in [-0.2, -0.15) is 0 Å². The molecule has 3 aromatic rings. The molecule has 1 N–H and O–H groups in total. The molecule has 0 aliphatic heterocycles. The van der Waals surface area contributed by atoms with Gasteiger partial charge in [-0.3, -0.25) is 4.79 Å². The number of nitrogens with one attached hydrogen (secondary N) is 1. The summed E-state index contributed by atoms with van der Waals surface area (Å²) in [5, 5.41) is 2.60. The lowest BCUT2D eigenvalue weighted by Gasteiger charge is -2.06. The monoisotopic (exact) mass is 404 g/mol. The van der Waals surface area contributed by atoms with Crippen molar-refractivity contribution in [3.05, 3.63) is 77.2 Å². The number of ether oxygens (including phenoxy) is 2. The van der Waals surface area contributed by atoms with Crippen molar-refractivity contribution in [3.63, 3.8) is 0 Å². The molecule has 1 aromatic carbocycles. The fraction of sp³-hybridized carbons (Fsp3) is 0.105. The molecule has 0 radical (unpaired) electrons. The summed E-state index contributed by atoms with van der Waals surface area (Å²) < 4.78 is 28.5. The van der Waals surface area contributed by atoms with Crippen molar-refractivity contribution in [2.24, 2.45) is 0 Å². The second-order valence-corrected chi connectivity index (χ2v) is 5.83. The Morgan fingerprint density at radius 3 is 2.68 bits per heavy atom. The fourth-order valence-corrected chi connectivity index (χ4v) is 2.28. The zero-order chi connectivity index (χ0) is 19.9. The van der Waals surface area contributed by atoms with Gasteiger partial charge in [0.2, 0.25) is 5.76 Å². The largest absolute Gasteiger partial charge is 0.486 e. The Morgan fingerprint density at radius 2 is 1.93 bits per heavy atom. The van der Waals surface area contributed by atoms with Crippen molar-refractivity contribution in [1.82, 2.24) is 4.98 Å². The van der Waals surface area contributed by atoms with Crippen LogP contribution < -0.4 is 10.1 Å². The number of nitrogens with zero attached hydrogens (tertiary/aromatic N) is 1. The van der Waals surface area contributed by atoms with E-state index in [1.807, 2.05) is 0 Å². The van der Waals surface area contributed by atoms with E-state index in [2.05, 4.69) is 10.3 Å². The maximum Gasteiger partial charge on any atom is 0.374 e. The highest BCUT2D eigenvalue weighted by atomic mass is 35.5. The number of rotatable bonds is 7. The second-order valence-electron chi connectivity index (χ2n) is 5.47. The van der Waals surface area contributed by atoms with E-state index < -0.39 is 18.5 Å². The van der Waals surface area contributed by atoms with Gasteiger partial charge in [0.05, 0.1) is 5.69 Å². The van der Waals surface area contributed by atoms with Gasteiger partial charge in [0.1, 0.15) is 23.9 Å². The molecule has 0 unspecified atom stereocenters. The quantitative estimate of drug-likeness (QED) is 0.475. The lowest BCUT2D eigenvalue weighted by atomic mass is 10.3. The minimum atomic E-state index is -0.805. The first-order valence-electron chi connectivity index (χ1n) is 8.06. The molecule has 0 aliphatic carbocycles. The number of carbonyl (C=O) groups excluding carboxylic acids is 2. The smallest absolute Gasteiger partial charge is 0.374 e. The average Bonchev–Trinajstić information content (AvgIpc) is 3.17. The number of carbonyl (C=O) groups is 2. The average molecular weight is 405 g/mol. The van der Waals surface area contributed by atoms with Gasteiger partial charge in [-0.15, -0.1) is 0 Å². The Balaban J connectivity index is 1.47. The third-order valence-corrected chi connectivity index (χ3v) is 3.73. The summed E-state index contributed by atoms with van der Waals surface area (Å²) in [6, 6.07) is 11.6. The first-order valence-corrected chi connectivity index (χ1v) is 8.43. The number of aromatic nitrogens is 1. The topological polar surface area (TPSA) is 90.7 Å². The number of amides is 1. The molecule has 0 saturated carbocycles. The molecule has 0 fully saturated rings. The normalized spacial score (nSPS) is 10.4. The molecule has 0 aliphatic rings. The van der Waals surface area contributed by atoms with Crippen LogP contribution in [0.25, 0.3) is 0 Å². The number of furan rings is 1. The van der Waals surface area contributed by atoms with Crippen molar-refractivity contribution in [2.75, 3.05) is 11.9 Å². The van der Waals surface area contributed by atoms with E-state index in [9.17, 15) is 14.0 Å². The van der Waals surface area contributed by atoms with Crippen LogP contribution in [0.15, 0.2) is 59.1 Å². The van der Waals surface area contributed by atoms with Crippen molar-refractivity contribution in [3.8, 4) is 5.75 Å². The molecule has 28 heavy (non-hydrogen) atoms. The summed E-state index contributed by atoms with van der Waals surface area (Å²) in [4.78, 5) is 27.6. The molecule has 9 heteroatoms. The van der Waals surface area contributed by atoms with Gasteiger partial charge in [0.15, 0.2) is 11.8 Å². The van der Waals surface area contributed by atoms with Crippen molar-refractivity contribution >= 4 is 29.2 Å². The molecule has 0 saturated heterocycles. The minimum absolute atomic E-state index is 0.0406. The van der Waals surface area contributed by atoms with E-state index in [0.29, 0.717) is 17.2 Å². The van der Waals surface area contributed by atoms with Gasteiger partial charge in [-0.1, -0.05) is 11.6 Å². The fourth-order valence-electron chi connectivity index (χ4n) is 2.12. The Kier molecular flexibility index (Phi) is 6.23. The first kappa shape index (κ1) is 19.4. The second kappa shape index (κ2) is 9.01. The van der Waals surface area contributed by atoms with Crippen molar-refractivity contribution in [1.29, 1.82) is 0 Å². The standard InChI is InChI=1S/C19H14ClFN2O5/c20-18-15(2-1-9-22-18)23-17(24)11-27-19(25)16-8-7-14(28-16)10-26-13-5-3-12(21)4-6-13/h1-9H,10-11H2,(H,23,24). The van der Waals surface area contributed by atoms with Gasteiger partial charge >= 0.3 is 5.97 Å². The Morgan fingerprint density at radius 1 is 1.14 bits per heavy atom. The van der Waals surface area contributed by atoms with Crippen LogP contribution in [0.2, 0.25) is 5.15 Å². The molecule has 3 rings (SSSR count). The lowest BCUT2D eigenvalue weighted by Crippen LogP contribution is -2.21. The molecule has 7 nitrogen and oxygen atoms in total. The summed E-state index contributed by atoms with van der Waals surface area (Å²) in [5.41, 5.74) is 0.309.